The number of aromatic amines is 1. The van der Waals surface area contributed by atoms with Crippen molar-refractivity contribution in [2.45, 2.75) is 58.3 Å². The number of hydrogen-bond acceptors (Lipinski definition) is 6. The van der Waals surface area contributed by atoms with Gasteiger partial charge in [0, 0.05) is 18.2 Å². The summed E-state index contributed by atoms with van der Waals surface area (Å²) in [5, 5.41) is 1.26. The number of hydrogen-bond donors (Lipinski definition) is 2. The Labute approximate surface area is 213 Å². The van der Waals surface area contributed by atoms with Crippen LogP contribution in [0.15, 0.2) is 18.2 Å². The zero-order valence-corrected chi connectivity index (χ0v) is 22.7. The van der Waals surface area contributed by atoms with Crippen LogP contribution in [0, 0.1) is 0 Å². The van der Waals surface area contributed by atoms with Gasteiger partial charge in [-0.05, 0) is 50.0 Å². The normalized spacial score (nSPS) is 12.1. The first-order valence-electron chi connectivity index (χ1n) is 12.9. The van der Waals surface area contributed by atoms with Crippen LogP contribution in [0.5, 0.6) is 0 Å². The second-order valence-corrected chi connectivity index (χ2v) is 10.9. The number of unbranched alkanes of at least 4 members (excludes halogenated alkanes) is 3. The summed E-state index contributed by atoms with van der Waals surface area (Å²) in [6.45, 7) is 5.50. The van der Waals surface area contributed by atoms with E-state index >= 15 is 0 Å². The van der Waals surface area contributed by atoms with Gasteiger partial charge in [0.2, 0.25) is 0 Å². The van der Waals surface area contributed by atoms with E-state index in [9.17, 15) is 4.79 Å². The maximum Gasteiger partial charge on any atom is 0.190 e. The van der Waals surface area contributed by atoms with Crippen molar-refractivity contribution in [3.05, 3.63) is 29.6 Å². The Morgan fingerprint density at radius 1 is 1.09 bits per heavy atom. The van der Waals surface area contributed by atoms with Crippen molar-refractivity contribution < 1.29 is 14.0 Å². The predicted octanol–water partition coefficient (Wildman–Crippen LogP) is 5.12. The smallest absolute Gasteiger partial charge is 0.190 e. The number of nitrogen functional groups attached to an aromatic ring is 1. The number of fused-ring (bicyclic) bond motifs is 3. The molecule has 192 valence electrons. The van der Waals surface area contributed by atoms with Crippen LogP contribution in [-0.2, 0) is 22.4 Å². The van der Waals surface area contributed by atoms with E-state index in [2.05, 4.69) is 49.2 Å². The fourth-order valence-corrected chi connectivity index (χ4v) is 4.59. The lowest BCUT2D eigenvalue weighted by Gasteiger charge is -2.29. The lowest BCUT2D eigenvalue weighted by atomic mass is 10.0. The van der Waals surface area contributed by atoms with Gasteiger partial charge in [-0.2, -0.15) is 0 Å². The molecule has 3 aromatic rings. The summed E-state index contributed by atoms with van der Waals surface area (Å²) >= 11 is 1.27. The molecule has 0 atom stereocenters. The monoisotopic (exact) mass is 500 g/mol. The first-order valence-corrected chi connectivity index (χ1v) is 14.1. The molecule has 8 heteroatoms. The van der Waals surface area contributed by atoms with Crippen molar-refractivity contribution in [1.82, 2.24) is 15.0 Å². The van der Waals surface area contributed by atoms with Gasteiger partial charge in [0.25, 0.3) is 0 Å². The molecule has 2 heterocycles. The summed E-state index contributed by atoms with van der Waals surface area (Å²) in [6.07, 6.45) is 10.1. The third-order valence-electron chi connectivity index (χ3n) is 6.58. The minimum absolute atomic E-state index is 0.190. The van der Waals surface area contributed by atoms with Gasteiger partial charge in [-0.1, -0.05) is 37.2 Å². The zero-order valence-electron chi connectivity index (χ0n) is 21.9. The molecule has 0 amide bonds. The van der Waals surface area contributed by atoms with Crippen LogP contribution in [0.4, 0.5) is 5.82 Å². The van der Waals surface area contributed by atoms with E-state index in [4.69, 9.17) is 15.5 Å². The highest BCUT2D eigenvalue weighted by atomic mass is 32.2. The molecule has 0 aliphatic rings. The Bertz CT molecular complexity index is 1110. The zero-order chi connectivity index (χ0) is 25.3. The second-order valence-electron chi connectivity index (χ2n) is 9.99. The summed E-state index contributed by atoms with van der Waals surface area (Å²) in [5.74, 6) is 1.52. The summed E-state index contributed by atoms with van der Waals surface area (Å²) in [6, 6.07) is 6.53. The fourth-order valence-electron chi connectivity index (χ4n) is 4.31. The largest absolute Gasteiger partial charge is 0.382 e. The molecule has 3 N–H and O–H groups in total. The van der Waals surface area contributed by atoms with Crippen LogP contribution in [0.1, 0.15) is 56.8 Å². The third-order valence-corrected chi connectivity index (χ3v) is 7.24. The van der Waals surface area contributed by atoms with Gasteiger partial charge >= 0.3 is 0 Å². The maximum atomic E-state index is 11.3. The average molecular weight is 501 g/mol. The number of pyridine rings is 1. The molecule has 0 bridgehead atoms. The first kappa shape index (κ1) is 27.4. The minimum atomic E-state index is 0.190. The number of anilines is 1. The number of nitrogens with one attached hydrogen (secondary N) is 1. The highest BCUT2D eigenvalue weighted by Gasteiger charge is 2.15. The summed E-state index contributed by atoms with van der Waals surface area (Å²) in [7, 11) is 4.50. The summed E-state index contributed by atoms with van der Waals surface area (Å²) in [4.78, 5) is 24.2. The number of quaternary nitrogens is 1. The molecule has 0 aliphatic carbocycles. The third kappa shape index (κ3) is 8.19. The van der Waals surface area contributed by atoms with Crippen molar-refractivity contribution in [2.75, 3.05) is 52.4 Å². The quantitative estimate of drug-likeness (QED) is 0.222. The summed E-state index contributed by atoms with van der Waals surface area (Å²) in [5.41, 5.74) is 10.3. The first-order chi connectivity index (χ1) is 16.8. The van der Waals surface area contributed by atoms with E-state index in [0.29, 0.717) is 25.5 Å². The predicted molar refractivity (Wildman–Crippen MR) is 148 cm³/mol. The standard InChI is InChI=1S/C27H42N5O2S/c1-5-6-11-23-30-25-21-13-12-20(19-22(21)29-27(28)26(25)31-23)10-8-7-9-15-32(2,3)16-18-34-17-14-24(33)35-4/h12-13,19H,5-11,14-18H2,1-4H3,(H2,28,29)(H,30,31)/q+1. The molecule has 7 nitrogen and oxygen atoms in total. The van der Waals surface area contributed by atoms with Crippen molar-refractivity contribution >= 4 is 44.6 Å². The lowest BCUT2D eigenvalue weighted by Crippen LogP contribution is -2.43. The number of H-pyrrole nitrogens is 1. The highest BCUT2D eigenvalue weighted by Crippen LogP contribution is 2.27. The topological polar surface area (TPSA) is 93.9 Å². The van der Waals surface area contributed by atoms with Gasteiger partial charge in [-0.15, -0.1) is 0 Å². The Morgan fingerprint density at radius 3 is 2.69 bits per heavy atom. The lowest BCUT2D eigenvalue weighted by molar-refractivity contribution is -0.891. The number of rotatable bonds is 15. The van der Waals surface area contributed by atoms with E-state index in [-0.39, 0.29) is 5.12 Å². The Balaban J connectivity index is 1.45. The van der Waals surface area contributed by atoms with Crippen LogP contribution in [0.2, 0.25) is 0 Å². The van der Waals surface area contributed by atoms with Crippen LogP contribution < -0.4 is 5.73 Å². The molecule has 1 aromatic carbocycles. The Morgan fingerprint density at radius 2 is 1.91 bits per heavy atom. The Kier molecular flexibility index (Phi) is 10.4. The number of carbonyl (C=O) groups excluding carboxylic acids is 1. The van der Waals surface area contributed by atoms with Gasteiger partial charge in [0.05, 0.1) is 39.4 Å². The summed E-state index contributed by atoms with van der Waals surface area (Å²) < 4.78 is 6.59. The molecular weight excluding hydrogens is 458 g/mol. The number of nitrogens with zero attached hydrogens (tertiary/aromatic N) is 3. The van der Waals surface area contributed by atoms with Gasteiger partial charge in [0.15, 0.2) is 5.12 Å². The van der Waals surface area contributed by atoms with E-state index in [1.807, 2.05) is 6.26 Å². The van der Waals surface area contributed by atoms with Crippen LogP contribution in [-0.4, -0.2) is 71.2 Å². The molecule has 0 unspecified atom stereocenters. The van der Waals surface area contributed by atoms with Crippen LogP contribution in [0.3, 0.4) is 0 Å². The molecular formula is C27H42N5O2S+. The molecule has 35 heavy (non-hydrogen) atoms. The van der Waals surface area contributed by atoms with Crippen molar-refractivity contribution in [3.63, 3.8) is 0 Å². The number of thioether (sulfide) groups is 1. The fraction of sp³-hybridized carbons (Fsp3) is 0.593. The molecule has 0 radical (unpaired) electrons. The van der Waals surface area contributed by atoms with Crippen molar-refractivity contribution in [2.24, 2.45) is 0 Å². The van der Waals surface area contributed by atoms with Gasteiger partial charge in [-0.25, -0.2) is 9.97 Å². The molecule has 0 aliphatic heterocycles. The van der Waals surface area contributed by atoms with E-state index in [0.717, 1.165) is 77.4 Å². The molecule has 3 rings (SSSR count). The van der Waals surface area contributed by atoms with Gasteiger partial charge in [-0.3, -0.25) is 4.79 Å². The molecule has 0 saturated heterocycles. The number of likely N-dealkylation sites (N-methyl/N-ethyl adjacent to an activating group) is 1. The Hall–Kier alpha value is -2.16. The molecule has 0 saturated carbocycles. The molecule has 0 spiro atoms. The molecule has 0 fully saturated rings. The number of imidazole rings is 1. The molecule has 2 aromatic heterocycles. The van der Waals surface area contributed by atoms with E-state index in [1.54, 1.807) is 0 Å². The van der Waals surface area contributed by atoms with Crippen molar-refractivity contribution in [1.29, 1.82) is 0 Å². The van der Waals surface area contributed by atoms with Crippen LogP contribution in [0.25, 0.3) is 21.9 Å². The number of benzene rings is 1. The van der Waals surface area contributed by atoms with E-state index in [1.165, 1.54) is 30.2 Å². The number of aryl methyl sites for hydroxylation is 2. The number of carbonyl (C=O) groups is 1. The average Bonchev–Trinajstić information content (AvgIpc) is 3.27. The number of ether oxygens (including phenoxy) is 1. The van der Waals surface area contributed by atoms with Gasteiger partial charge in [0.1, 0.15) is 29.2 Å². The second kappa shape index (κ2) is 13.2. The van der Waals surface area contributed by atoms with Gasteiger partial charge < -0.3 is 19.9 Å². The SMILES string of the molecule is CCCCc1nc2c([nH]1)c(N)nc1cc(CCCCC[N+](C)(C)CCOCCC(=O)SC)ccc12. The minimum Gasteiger partial charge on any atom is -0.382 e. The maximum absolute atomic E-state index is 11.3. The number of aromatic nitrogens is 3. The van der Waals surface area contributed by atoms with Crippen LogP contribution >= 0.6 is 11.8 Å². The van der Waals surface area contributed by atoms with Crippen molar-refractivity contribution in [3.8, 4) is 0 Å². The highest BCUT2D eigenvalue weighted by molar-refractivity contribution is 8.13. The van der Waals surface area contributed by atoms with E-state index < -0.39 is 0 Å². The number of nitrogens with two attached hydrogens (primary N) is 1.